The summed E-state index contributed by atoms with van der Waals surface area (Å²) in [5, 5.41) is 16.5. The van der Waals surface area contributed by atoms with Crippen LogP contribution in [0, 0.1) is 5.41 Å². The van der Waals surface area contributed by atoms with E-state index in [1.165, 1.54) is 9.08 Å². The summed E-state index contributed by atoms with van der Waals surface area (Å²) in [6.45, 7) is 6.44. The van der Waals surface area contributed by atoms with E-state index in [1.54, 1.807) is 25.3 Å². The normalized spacial score (nSPS) is 13.2. The number of aliphatic hydroxyl groups is 1. The maximum atomic E-state index is 12.1. The molecule has 1 amide bonds. The quantitative estimate of drug-likeness (QED) is 0.790. The highest BCUT2D eigenvalue weighted by molar-refractivity contribution is 5.75. The summed E-state index contributed by atoms with van der Waals surface area (Å²) >= 11 is 0. The molecule has 126 valence electrons. The van der Waals surface area contributed by atoms with Crippen molar-refractivity contribution in [2.45, 2.75) is 46.3 Å². The first kappa shape index (κ1) is 17.2. The van der Waals surface area contributed by atoms with Crippen LogP contribution in [-0.2, 0) is 11.3 Å². The van der Waals surface area contributed by atoms with E-state index in [1.807, 2.05) is 19.9 Å². The Morgan fingerprint density at radius 3 is 2.83 bits per heavy atom. The average molecular weight is 320 g/mol. The van der Waals surface area contributed by atoms with Crippen molar-refractivity contribution >= 4 is 11.6 Å². The Morgan fingerprint density at radius 2 is 2.17 bits per heavy atom. The van der Waals surface area contributed by atoms with Gasteiger partial charge in [0.25, 0.3) is 0 Å². The Bertz CT molecular complexity index is 730. The molecule has 0 aliphatic carbocycles. The van der Waals surface area contributed by atoms with Gasteiger partial charge in [0.2, 0.25) is 5.91 Å². The van der Waals surface area contributed by atoms with Crippen molar-refractivity contribution in [1.29, 1.82) is 0 Å². The maximum absolute atomic E-state index is 12.1. The SMILES string of the molecule is CC(O)CC(C)(C)CNC(=O)CCn1nc2ccccn2c1=O. The molecule has 1 atom stereocenters. The molecule has 2 aromatic heterocycles. The van der Waals surface area contributed by atoms with Crippen LogP contribution in [0.5, 0.6) is 0 Å². The Hall–Kier alpha value is -2.15. The first-order valence-corrected chi connectivity index (χ1v) is 7.77. The number of pyridine rings is 1. The minimum absolute atomic E-state index is 0.132. The molecule has 0 bridgehead atoms. The zero-order chi connectivity index (χ0) is 17.0. The average Bonchev–Trinajstić information content (AvgIpc) is 2.79. The Morgan fingerprint density at radius 1 is 1.43 bits per heavy atom. The molecule has 0 aromatic carbocycles. The van der Waals surface area contributed by atoms with Crippen molar-refractivity contribution in [2.75, 3.05) is 6.54 Å². The molecule has 0 radical (unpaired) electrons. The first-order chi connectivity index (χ1) is 10.8. The lowest BCUT2D eigenvalue weighted by atomic mass is 9.87. The third-order valence-corrected chi connectivity index (χ3v) is 3.65. The molecule has 2 heterocycles. The third-order valence-electron chi connectivity index (χ3n) is 3.65. The number of hydrogen-bond donors (Lipinski definition) is 2. The van der Waals surface area contributed by atoms with E-state index >= 15 is 0 Å². The van der Waals surface area contributed by atoms with E-state index in [0.29, 0.717) is 18.6 Å². The predicted molar refractivity (Wildman–Crippen MR) is 87.2 cm³/mol. The number of carbonyl (C=O) groups excluding carboxylic acids is 1. The van der Waals surface area contributed by atoms with Crippen molar-refractivity contribution in [3.8, 4) is 0 Å². The topological polar surface area (TPSA) is 88.6 Å². The monoisotopic (exact) mass is 320 g/mol. The Kier molecular flexibility index (Phi) is 5.20. The van der Waals surface area contributed by atoms with Gasteiger partial charge in [-0.2, -0.15) is 0 Å². The van der Waals surface area contributed by atoms with Crippen LogP contribution in [0.3, 0.4) is 0 Å². The van der Waals surface area contributed by atoms with Crippen LogP contribution in [0.25, 0.3) is 5.65 Å². The first-order valence-electron chi connectivity index (χ1n) is 7.77. The largest absolute Gasteiger partial charge is 0.393 e. The fourth-order valence-corrected chi connectivity index (χ4v) is 2.62. The van der Waals surface area contributed by atoms with E-state index < -0.39 is 6.10 Å². The van der Waals surface area contributed by atoms with Crippen LogP contribution in [0.2, 0.25) is 0 Å². The molecule has 23 heavy (non-hydrogen) atoms. The van der Waals surface area contributed by atoms with Crippen LogP contribution < -0.4 is 11.0 Å². The Balaban J connectivity index is 1.89. The van der Waals surface area contributed by atoms with E-state index in [-0.39, 0.29) is 30.0 Å². The Labute approximate surface area is 134 Å². The molecule has 0 saturated heterocycles. The van der Waals surface area contributed by atoms with Crippen LogP contribution >= 0.6 is 0 Å². The van der Waals surface area contributed by atoms with Gasteiger partial charge in [0.05, 0.1) is 12.6 Å². The predicted octanol–water partition coefficient (Wildman–Crippen LogP) is 0.799. The number of aromatic nitrogens is 3. The molecule has 2 rings (SSSR count). The van der Waals surface area contributed by atoms with E-state index in [2.05, 4.69) is 10.4 Å². The number of fused-ring (bicyclic) bond motifs is 1. The van der Waals surface area contributed by atoms with Crippen LogP contribution in [-0.4, -0.2) is 37.8 Å². The minimum Gasteiger partial charge on any atom is -0.393 e. The lowest BCUT2D eigenvalue weighted by Gasteiger charge is -2.26. The van der Waals surface area contributed by atoms with Crippen molar-refractivity contribution in [3.05, 3.63) is 34.9 Å². The summed E-state index contributed by atoms with van der Waals surface area (Å²) in [5.41, 5.74) is 0.142. The molecule has 1 unspecified atom stereocenters. The smallest absolute Gasteiger partial charge is 0.350 e. The van der Waals surface area contributed by atoms with Gasteiger partial charge >= 0.3 is 5.69 Å². The number of aliphatic hydroxyl groups excluding tert-OH is 1. The summed E-state index contributed by atoms with van der Waals surface area (Å²) in [4.78, 5) is 24.0. The lowest BCUT2D eigenvalue weighted by molar-refractivity contribution is -0.121. The molecular formula is C16H24N4O3. The maximum Gasteiger partial charge on any atom is 0.350 e. The highest BCUT2D eigenvalue weighted by atomic mass is 16.3. The van der Waals surface area contributed by atoms with Gasteiger partial charge < -0.3 is 10.4 Å². The van der Waals surface area contributed by atoms with Crippen molar-refractivity contribution in [1.82, 2.24) is 19.5 Å². The van der Waals surface area contributed by atoms with E-state index in [0.717, 1.165) is 0 Å². The van der Waals surface area contributed by atoms with E-state index in [4.69, 9.17) is 0 Å². The van der Waals surface area contributed by atoms with Gasteiger partial charge in [-0.05, 0) is 30.9 Å². The number of amides is 1. The number of carbonyl (C=O) groups is 1. The van der Waals surface area contributed by atoms with Crippen LogP contribution in [0.1, 0.15) is 33.6 Å². The minimum atomic E-state index is -0.404. The van der Waals surface area contributed by atoms with E-state index in [9.17, 15) is 14.7 Å². The van der Waals surface area contributed by atoms with Gasteiger partial charge in [-0.1, -0.05) is 19.9 Å². The summed E-state index contributed by atoms with van der Waals surface area (Å²) in [6.07, 6.45) is 2.05. The fraction of sp³-hybridized carbons (Fsp3) is 0.562. The second-order valence-electron chi connectivity index (χ2n) is 6.68. The fourth-order valence-electron chi connectivity index (χ4n) is 2.62. The zero-order valence-electron chi connectivity index (χ0n) is 13.8. The zero-order valence-corrected chi connectivity index (χ0v) is 13.8. The van der Waals surface area contributed by atoms with Gasteiger partial charge in [0.15, 0.2) is 5.65 Å². The number of aryl methyl sites for hydroxylation is 1. The number of nitrogens with one attached hydrogen (secondary N) is 1. The van der Waals surface area contributed by atoms with Crippen molar-refractivity contribution in [3.63, 3.8) is 0 Å². The molecule has 2 N–H and O–H groups in total. The molecule has 0 fully saturated rings. The molecule has 0 spiro atoms. The summed E-state index contributed by atoms with van der Waals surface area (Å²) in [5.74, 6) is -0.132. The van der Waals surface area contributed by atoms with Crippen molar-refractivity contribution in [2.24, 2.45) is 5.41 Å². The molecule has 7 heteroatoms. The molecule has 0 aliphatic rings. The second-order valence-corrected chi connectivity index (χ2v) is 6.68. The highest BCUT2D eigenvalue weighted by Gasteiger charge is 2.21. The summed E-state index contributed by atoms with van der Waals surface area (Å²) in [7, 11) is 0. The van der Waals surface area contributed by atoms with Gasteiger partial charge in [-0.25, -0.2) is 9.48 Å². The number of rotatable bonds is 7. The highest BCUT2D eigenvalue weighted by Crippen LogP contribution is 2.20. The number of nitrogens with zero attached hydrogens (tertiary/aromatic N) is 3. The summed E-state index contributed by atoms with van der Waals surface area (Å²) in [6, 6.07) is 5.32. The molecule has 0 saturated carbocycles. The van der Waals surface area contributed by atoms with Gasteiger partial charge in [-0.3, -0.25) is 9.20 Å². The van der Waals surface area contributed by atoms with Crippen LogP contribution in [0.4, 0.5) is 0 Å². The van der Waals surface area contributed by atoms with Crippen LogP contribution in [0.15, 0.2) is 29.2 Å². The number of hydrogen-bond acceptors (Lipinski definition) is 4. The van der Waals surface area contributed by atoms with Gasteiger partial charge in [0.1, 0.15) is 0 Å². The summed E-state index contributed by atoms with van der Waals surface area (Å²) < 4.78 is 2.75. The van der Waals surface area contributed by atoms with Gasteiger partial charge in [0, 0.05) is 19.2 Å². The standard InChI is InChI=1S/C16H24N4O3/c1-12(21)10-16(2,3)11-17-14(22)7-9-20-15(23)19-8-5-4-6-13(19)18-20/h4-6,8,12,21H,7,9-11H2,1-3H3,(H,17,22). The molecular weight excluding hydrogens is 296 g/mol. The third kappa shape index (κ3) is 4.66. The lowest BCUT2D eigenvalue weighted by Crippen LogP contribution is -2.36. The van der Waals surface area contributed by atoms with Gasteiger partial charge in [-0.15, -0.1) is 5.10 Å². The molecule has 2 aromatic rings. The van der Waals surface area contributed by atoms with Crippen molar-refractivity contribution < 1.29 is 9.90 Å². The second kappa shape index (κ2) is 6.95. The molecule has 0 aliphatic heterocycles. The molecule has 7 nitrogen and oxygen atoms in total.